The highest BCUT2D eigenvalue weighted by Gasteiger charge is 2.26. The van der Waals surface area contributed by atoms with Gasteiger partial charge in [0.15, 0.2) is 0 Å². The Kier molecular flexibility index (Phi) is 3.19. The largest absolute Gasteiger partial charge is 0.465 e. The van der Waals surface area contributed by atoms with E-state index in [9.17, 15) is 4.79 Å². The van der Waals surface area contributed by atoms with Gasteiger partial charge in [-0.15, -0.1) is 10.2 Å². The fourth-order valence-electron chi connectivity index (χ4n) is 1.83. The maximum Gasteiger partial charge on any atom is 0.323 e. The molecule has 0 fully saturated rings. The van der Waals surface area contributed by atoms with Crippen LogP contribution in [-0.2, 0) is 22.6 Å². The van der Waals surface area contributed by atoms with Gasteiger partial charge in [0, 0.05) is 13.1 Å². The molecule has 0 radical (unpaired) electrons. The molecule has 2 heterocycles. The summed E-state index contributed by atoms with van der Waals surface area (Å²) < 4.78 is 7.01. The molecule has 1 aromatic rings. The quantitative estimate of drug-likeness (QED) is 0.679. The van der Waals surface area contributed by atoms with Crippen LogP contribution < -0.4 is 0 Å². The minimum absolute atomic E-state index is 0.171. The summed E-state index contributed by atoms with van der Waals surface area (Å²) in [6.07, 6.45) is 1.72. The number of aromatic nitrogens is 3. The highest BCUT2D eigenvalue weighted by molar-refractivity contribution is 5.75. The molecule has 0 saturated carbocycles. The van der Waals surface area contributed by atoms with Gasteiger partial charge in [0.25, 0.3) is 0 Å². The molecule has 2 rings (SSSR count). The number of carbonyl (C=O) groups is 1. The first kappa shape index (κ1) is 11.1. The summed E-state index contributed by atoms with van der Waals surface area (Å²) in [5.74, 6) is 0.734. The molecule has 1 aliphatic heterocycles. The van der Waals surface area contributed by atoms with Crippen LogP contribution in [0.5, 0.6) is 0 Å². The van der Waals surface area contributed by atoms with Crippen molar-refractivity contribution in [2.24, 2.45) is 0 Å². The number of rotatable bonds is 3. The fraction of sp³-hybridized carbons (Fsp3) is 0.700. The maximum atomic E-state index is 11.6. The van der Waals surface area contributed by atoms with E-state index in [1.807, 2.05) is 18.4 Å². The number of nitrogens with zero attached hydrogens (tertiary/aromatic N) is 4. The molecule has 6 nitrogen and oxygen atoms in total. The van der Waals surface area contributed by atoms with Crippen LogP contribution in [0.4, 0.5) is 0 Å². The predicted octanol–water partition coefficient (Wildman–Crippen LogP) is 0.0453. The Bertz CT molecular complexity index is 377. The summed E-state index contributed by atoms with van der Waals surface area (Å²) in [5, 5.41) is 7.86. The second-order valence-electron chi connectivity index (χ2n) is 3.84. The predicted molar refractivity (Wildman–Crippen MR) is 56.5 cm³/mol. The summed E-state index contributed by atoms with van der Waals surface area (Å²) >= 11 is 0. The van der Waals surface area contributed by atoms with Gasteiger partial charge in [-0.25, -0.2) is 0 Å². The third kappa shape index (κ3) is 2.06. The zero-order valence-corrected chi connectivity index (χ0v) is 9.59. The lowest BCUT2D eigenvalue weighted by molar-refractivity contribution is -0.149. The van der Waals surface area contributed by atoms with Gasteiger partial charge >= 0.3 is 5.97 Å². The molecule has 16 heavy (non-hydrogen) atoms. The molecule has 0 saturated heterocycles. The summed E-state index contributed by atoms with van der Waals surface area (Å²) in [4.78, 5) is 13.6. The Morgan fingerprint density at radius 3 is 3.19 bits per heavy atom. The molecule has 0 N–H and O–H groups in total. The molecular formula is C10H16N4O2. The molecule has 0 amide bonds. The van der Waals surface area contributed by atoms with Crippen molar-refractivity contribution in [1.29, 1.82) is 0 Å². The van der Waals surface area contributed by atoms with Crippen molar-refractivity contribution in [1.82, 2.24) is 19.7 Å². The van der Waals surface area contributed by atoms with Gasteiger partial charge in [-0.1, -0.05) is 0 Å². The van der Waals surface area contributed by atoms with Gasteiger partial charge in [-0.3, -0.25) is 9.69 Å². The van der Waals surface area contributed by atoms with Crippen LogP contribution in [-0.4, -0.2) is 44.8 Å². The summed E-state index contributed by atoms with van der Waals surface area (Å²) in [5.41, 5.74) is 0. The topological polar surface area (TPSA) is 60.2 Å². The Morgan fingerprint density at radius 2 is 2.44 bits per heavy atom. The highest BCUT2D eigenvalue weighted by atomic mass is 16.5. The van der Waals surface area contributed by atoms with Crippen molar-refractivity contribution in [3.8, 4) is 0 Å². The monoisotopic (exact) mass is 224 g/mol. The number of ether oxygens (including phenoxy) is 1. The van der Waals surface area contributed by atoms with Crippen LogP contribution in [0.1, 0.15) is 19.7 Å². The zero-order chi connectivity index (χ0) is 11.5. The van der Waals surface area contributed by atoms with Crippen molar-refractivity contribution >= 4 is 5.97 Å². The molecule has 88 valence electrons. The fourth-order valence-corrected chi connectivity index (χ4v) is 1.83. The van der Waals surface area contributed by atoms with Gasteiger partial charge < -0.3 is 9.30 Å². The molecule has 1 aliphatic rings. The summed E-state index contributed by atoms with van der Waals surface area (Å²) in [7, 11) is 0. The Hall–Kier alpha value is -1.43. The first-order valence-corrected chi connectivity index (χ1v) is 5.49. The van der Waals surface area contributed by atoms with Crippen LogP contribution in [0.2, 0.25) is 0 Å². The number of fused-ring (bicyclic) bond motifs is 1. The van der Waals surface area contributed by atoms with Crippen molar-refractivity contribution in [3.05, 3.63) is 12.2 Å². The summed E-state index contributed by atoms with van der Waals surface area (Å²) in [6.45, 7) is 6.41. The Morgan fingerprint density at radius 1 is 1.62 bits per heavy atom. The number of hydrogen-bond acceptors (Lipinski definition) is 5. The molecule has 0 spiro atoms. The highest BCUT2D eigenvalue weighted by Crippen LogP contribution is 2.12. The summed E-state index contributed by atoms with van der Waals surface area (Å²) in [6, 6.07) is -0.217. The lowest BCUT2D eigenvalue weighted by Crippen LogP contribution is -2.44. The van der Waals surface area contributed by atoms with Crippen molar-refractivity contribution in [2.75, 3.05) is 13.2 Å². The van der Waals surface area contributed by atoms with Crippen LogP contribution in [0, 0.1) is 0 Å². The lowest BCUT2D eigenvalue weighted by atomic mass is 10.2. The minimum Gasteiger partial charge on any atom is -0.465 e. The minimum atomic E-state index is -0.217. The molecule has 0 aromatic carbocycles. The van der Waals surface area contributed by atoms with Gasteiger partial charge in [-0.05, 0) is 13.8 Å². The second kappa shape index (κ2) is 4.61. The first-order valence-electron chi connectivity index (χ1n) is 5.49. The van der Waals surface area contributed by atoms with Gasteiger partial charge in [-0.2, -0.15) is 0 Å². The van der Waals surface area contributed by atoms with E-state index < -0.39 is 0 Å². The SMILES string of the molecule is CCOC(=O)C(C)N1CCn2cnnc2C1. The van der Waals surface area contributed by atoms with E-state index >= 15 is 0 Å². The average molecular weight is 224 g/mol. The van der Waals surface area contributed by atoms with Crippen molar-refractivity contribution < 1.29 is 9.53 Å². The molecule has 0 bridgehead atoms. The average Bonchev–Trinajstić information content (AvgIpc) is 2.75. The van der Waals surface area contributed by atoms with Crippen molar-refractivity contribution in [2.45, 2.75) is 33.0 Å². The zero-order valence-electron chi connectivity index (χ0n) is 9.59. The Labute approximate surface area is 94.2 Å². The molecule has 6 heteroatoms. The van der Waals surface area contributed by atoms with Gasteiger partial charge in [0.2, 0.25) is 0 Å². The van der Waals surface area contributed by atoms with Crippen LogP contribution >= 0.6 is 0 Å². The van der Waals surface area contributed by atoms with Crippen LogP contribution in [0.15, 0.2) is 6.33 Å². The van der Waals surface area contributed by atoms with Crippen LogP contribution in [0.3, 0.4) is 0 Å². The first-order chi connectivity index (χ1) is 7.72. The van der Waals surface area contributed by atoms with Gasteiger partial charge in [0.05, 0.1) is 13.2 Å². The third-order valence-electron chi connectivity index (χ3n) is 2.84. The number of esters is 1. The second-order valence-corrected chi connectivity index (χ2v) is 3.84. The van der Waals surface area contributed by atoms with Gasteiger partial charge in [0.1, 0.15) is 18.2 Å². The smallest absolute Gasteiger partial charge is 0.323 e. The number of carbonyl (C=O) groups excluding carboxylic acids is 1. The van der Waals surface area contributed by atoms with E-state index in [0.29, 0.717) is 13.2 Å². The molecule has 0 aliphatic carbocycles. The van der Waals surface area contributed by atoms with E-state index in [-0.39, 0.29) is 12.0 Å². The van der Waals surface area contributed by atoms with E-state index in [2.05, 4.69) is 15.1 Å². The molecular weight excluding hydrogens is 208 g/mol. The normalized spacial score (nSPS) is 17.9. The standard InChI is InChI=1S/C10H16N4O2/c1-3-16-10(15)8(2)13-4-5-14-7-11-12-9(14)6-13/h7-8H,3-6H2,1-2H3. The number of hydrogen-bond donors (Lipinski definition) is 0. The Balaban J connectivity index is 2.00. The van der Waals surface area contributed by atoms with Crippen LogP contribution in [0.25, 0.3) is 0 Å². The van der Waals surface area contributed by atoms with E-state index in [0.717, 1.165) is 18.9 Å². The maximum absolute atomic E-state index is 11.6. The molecule has 1 atom stereocenters. The molecule has 1 aromatic heterocycles. The van der Waals surface area contributed by atoms with E-state index in [1.165, 1.54) is 0 Å². The third-order valence-corrected chi connectivity index (χ3v) is 2.84. The van der Waals surface area contributed by atoms with E-state index in [4.69, 9.17) is 4.74 Å². The molecule has 1 unspecified atom stereocenters. The van der Waals surface area contributed by atoms with Crippen molar-refractivity contribution in [3.63, 3.8) is 0 Å². The van der Waals surface area contributed by atoms with E-state index in [1.54, 1.807) is 6.33 Å². The lowest BCUT2D eigenvalue weighted by Gasteiger charge is -2.30.